The fourth-order valence-electron chi connectivity index (χ4n) is 5.40. The van der Waals surface area contributed by atoms with Crippen LogP contribution < -0.4 is 15.4 Å². The normalized spacial score (nSPS) is 15.0. The zero-order chi connectivity index (χ0) is 28.1. The molecule has 0 spiro atoms. The Kier molecular flexibility index (Phi) is 8.88. The largest absolute Gasteiger partial charge is 0.573 e. The van der Waals surface area contributed by atoms with Crippen LogP contribution in [0.2, 0.25) is 5.02 Å². The number of aromatic nitrogens is 1. The lowest BCUT2D eigenvalue weighted by molar-refractivity contribution is -0.274. The van der Waals surface area contributed by atoms with E-state index in [9.17, 15) is 13.2 Å². The maximum Gasteiger partial charge on any atom is 0.573 e. The average Bonchev–Trinajstić information content (AvgIpc) is 3.28. The molecule has 2 N–H and O–H groups in total. The zero-order valence-electron chi connectivity index (χ0n) is 22.5. The number of hydrogen-bond acceptors (Lipinski definition) is 4. The summed E-state index contributed by atoms with van der Waals surface area (Å²) in [6.07, 6.45) is 0.491. The first kappa shape index (κ1) is 28.3. The van der Waals surface area contributed by atoms with Gasteiger partial charge in [-0.3, -0.25) is 4.90 Å². The lowest BCUT2D eigenvalue weighted by atomic mass is 10.0. The summed E-state index contributed by atoms with van der Waals surface area (Å²) < 4.78 is 44.3. The molecule has 3 aromatic carbocycles. The summed E-state index contributed by atoms with van der Waals surface area (Å²) in [7, 11) is 1.94. The number of rotatable bonds is 10. The molecule has 1 saturated heterocycles. The van der Waals surface area contributed by atoms with Crippen molar-refractivity contribution in [3.05, 3.63) is 83.5 Å². The van der Waals surface area contributed by atoms with E-state index in [1.807, 2.05) is 31.3 Å². The van der Waals surface area contributed by atoms with Crippen molar-refractivity contribution in [2.45, 2.75) is 44.8 Å². The summed E-state index contributed by atoms with van der Waals surface area (Å²) in [5.41, 5.74) is 5.31. The predicted molar refractivity (Wildman–Crippen MR) is 156 cm³/mol. The third-order valence-electron chi connectivity index (χ3n) is 7.38. The Morgan fingerprint density at radius 3 is 2.38 bits per heavy atom. The summed E-state index contributed by atoms with van der Waals surface area (Å²) in [6, 6.07) is 21.0. The van der Waals surface area contributed by atoms with Crippen LogP contribution in [0.15, 0.2) is 72.9 Å². The molecule has 5 rings (SSSR count). The van der Waals surface area contributed by atoms with Gasteiger partial charge in [-0.25, -0.2) is 0 Å². The van der Waals surface area contributed by atoms with Gasteiger partial charge in [0.25, 0.3) is 0 Å². The lowest BCUT2D eigenvalue weighted by Gasteiger charge is -2.33. The second-order valence-electron chi connectivity index (χ2n) is 10.3. The molecule has 5 nitrogen and oxygen atoms in total. The molecule has 1 aromatic heterocycles. The van der Waals surface area contributed by atoms with Gasteiger partial charge < -0.3 is 19.9 Å². The van der Waals surface area contributed by atoms with Crippen LogP contribution >= 0.6 is 11.6 Å². The van der Waals surface area contributed by atoms with E-state index in [4.69, 9.17) is 11.6 Å². The molecule has 212 valence electrons. The highest BCUT2D eigenvalue weighted by Gasteiger charge is 2.31. The number of hydrogen-bond donors (Lipinski definition) is 2. The van der Waals surface area contributed by atoms with Gasteiger partial charge in [-0.05, 0) is 92.5 Å². The molecule has 0 unspecified atom stereocenters. The minimum Gasteiger partial charge on any atom is -0.406 e. The Bertz CT molecular complexity index is 1400. The van der Waals surface area contributed by atoms with Crippen LogP contribution in [0.25, 0.3) is 22.0 Å². The van der Waals surface area contributed by atoms with Crippen LogP contribution in [-0.4, -0.2) is 48.6 Å². The molecule has 2 heterocycles. The van der Waals surface area contributed by atoms with Crippen molar-refractivity contribution in [3.63, 3.8) is 0 Å². The van der Waals surface area contributed by atoms with Gasteiger partial charge in [0.05, 0.1) is 0 Å². The van der Waals surface area contributed by atoms with E-state index >= 15 is 0 Å². The van der Waals surface area contributed by atoms with Gasteiger partial charge in [0.15, 0.2) is 0 Å². The van der Waals surface area contributed by atoms with Gasteiger partial charge in [0, 0.05) is 65.6 Å². The van der Waals surface area contributed by atoms with Crippen LogP contribution in [-0.2, 0) is 13.1 Å². The maximum absolute atomic E-state index is 12.7. The topological polar surface area (TPSA) is 41.5 Å². The number of nitrogens with zero attached hydrogens (tertiary/aromatic N) is 2. The van der Waals surface area contributed by atoms with Crippen molar-refractivity contribution >= 4 is 28.2 Å². The molecule has 0 saturated carbocycles. The SMILES string of the molecule is CNCCCn1cc(-c2ccc(OC(F)(F)F)cc2)c2cc(CN3CCC(Nc4ccc(Cl)cc4)CC3)ccc21. The van der Waals surface area contributed by atoms with Crippen LogP contribution in [0.4, 0.5) is 18.9 Å². The number of likely N-dealkylation sites (tertiary alicyclic amines) is 1. The standard InChI is InChI=1S/C31H34ClF3N4O/c1-36-15-2-16-39-21-29(23-4-10-27(11-5-23)40-31(33,34)35)28-19-22(3-12-30(28)39)20-38-17-13-26(14-18-38)37-25-8-6-24(32)7-9-25/h3-12,19,21,26,36-37H,2,13-18,20H2,1H3. The molecule has 0 aliphatic carbocycles. The second kappa shape index (κ2) is 12.5. The fourth-order valence-corrected chi connectivity index (χ4v) is 5.52. The fraction of sp³-hybridized carbons (Fsp3) is 0.355. The summed E-state index contributed by atoms with van der Waals surface area (Å²) >= 11 is 6.01. The van der Waals surface area contributed by atoms with E-state index in [-0.39, 0.29) is 5.75 Å². The molecule has 0 bridgehead atoms. The summed E-state index contributed by atoms with van der Waals surface area (Å²) in [5, 5.41) is 8.65. The van der Waals surface area contributed by atoms with Crippen LogP contribution in [0.1, 0.15) is 24.8 Å². The maximum atomic E-state index is 12.7. The molecule has 9 heteroatoms. The number of aryl methyl sites for hydroxylation is 1. The van der Waals surface area contributed by atoms with Gasteiger partial charge in [0.2, 0.25) is 0 Å². The molecular weight excluding hydrogens is 537 g/mol. The smallest absolute Gasteiger partial charge is 0.406 e. The highest BCUT2D eigenvalue weighted by molar-refractivity contribution is 6.30. The van der Waals surface area contributed by atoms with Crippen molar-refractivity contribution < 1.29 is 17.9 Å². The quantitative estimate of drug-likeness (QED) is 0.193. The van der Waals surface area contributed by atoms with Gasteiger partial charge in [0.1, 0.15) is 5.75 Å². The number of fused-ring (bicyclic) bond motifs is 1. The van der Waals surface area contributed by atoms with E-state index in [2.05, 4.69) is 49.2 Å². The van der Waals surface area contributed by atoms with Gasteiger partial charge in [-0.1, -0.05) is 29.8 Å². The number of halogens is 4. The zero-order valence-corrected chi connectivity index (χ0v) is 23.2. The molecular formula is C31H34ClF3N4O. The van der Waals surface area contributed by atoms with Crippen molar-refractivity contribution in [3.8, 4) is 16.9 Å². The number of piperidine rings is 1. The summed E-state index contributed by atoms with van der Waals surface area (Å²) in [4.78, 5) is 2.48. The van der Waals surface area contributed by atoms with Crippen LogP contribution in [0.5, 0.6) is 5.75 Å². The molecule has 0 radical (unpaired) electrons. The molecule has 1 aliphatic rings. The highest BCUT2D eigenvalue weighted by Crippen LogP contribution is 2.34. The molecule has 4 aromatic rings. The molecule has 0 atom stereocenters. The Hall–Kier alpha value is -3.20. The number of alkyl halides is 3. The summed E-state index contributed by atoms with van der Waals surface area (Å²) in [6.45, 7) is 4.61. The van der Waals surface area contributed by atoms with E-state index in [1.54, 1.807) is 12.1 Å². The van der Waals surface area contributed by atoms with Crippen LogP contribution in [0, 0.1) is 0 Å². The predicted octanol–water partition coefficient (Wildman–Crippen LogP) is 7.55. The first-order valence-corrected chi connectivity index (χ1v) is 14.0. The molecule has 1 fully saturated rings. The second-order valence-corrected chi connectivity index (χ2v) is 10.8. The lowest BCUT2D eigenvalue weighted by Crippen LogP contribution is -2.38. The highest BCUT2D eigenvalue weighted by atomic mass is 35.5. The summed E-state index contributed by atoms with van der Waals surface area (Å²) in [5.74, 6) is -0.219. The van der Waals surface area contributed by atoms with E-state index < -0.39 is 6.36 Å². The van der Waals surface area contributed by atoms with Gasteiger partial charge >= 0.3 is 6.36 Å². The minimum absolute atomic E-state index is 0.219. The van der Waals surface area contributed by atoms with Crippen molar-refractivity contribution in [2.75, 3.05) is 32.0 Å². The van der Waals surface area contributed by atoms with Gasteiger partial charge in [-0.2, -0.15) is 0 Å². The van der Waals surface area contributed by atoms with Gasteiger partial charge in [-0.15, -0.1) is 13.2 Å². The monoisotopic (exact) mass is 570 g/mol. The van der Waals surface area contributed by atoms with Crippen LogP contribution in [0.3, 0.4) is 0 Å². The first-order chi connectivity index (χ1) is 19.3. The van der Waals surface area contributed by atoms with E-state index in [0.29, 0.717) is 6.04 Å². The Balaban J connectivity index is 1.31. The third kappa shape index (κ3) is 7.30. The van der Waals surface area contributed by atoms with Crippen molar-refractivity contribution in [2.24, 2.45) is 0 Å². The Morgan fingerprint density at radius 1 is 0.975 bits per heavy atom. The Morgan fingerprint density at radius 2 is 1.70 bits per heavy atom. The molecule has 40 heavy (non-hydrogen) atoms. The van der Waals surface area contributed by atoms with Crippen molar-refractivity contribution in [1.29, 1.82) is 0 Å². The molecule has 1 aliphatic heterocycles. The first-order valence-electron chi connectivity index (χ1n) is 13.6. The molecule has 0 amide bonds. The Labute approximate surface area is 237 Å². The number of benzene rings is 3. The minimum atomic E-state index is -4.71. The third-order valence-corrected chi connectivity index (χ3v) is 7.63. The average molecular weight is 571 g/mol. The number of anilines is 1. The number of ether oxygens (including phenoxy) is 1. The number of nitrogens with one attached hydrogen (secondary N) is 2. The van der Waals surface area contributed by atoms with E-state index in [1.165, 1.54) is 17.7 Å². The van der Waals surface area contributed by atoms with Crippen molar-refractivity contribution in [1.82, 2.24) is 14.8 Å². The van der Waals surface area contributed by atoms with E-state index in [0.717, 1.165) is 84.7 Å².